The van der Waals surface area contributed by atoms with Gasteiger partial charge in [0, 0.05) is 22.8 Å². The molecule has 3 heteroatoms. The van der Waals surface area contributed by atoms with Gasteiger partial charge in [-0.2, -0.15) is 0 Å². The van der Waals surface area contributed by atoms with Gasteiger partial charge in [-0.15, -0.1) is 11.3 Å². The Hall–Kier alpha value is -1.16. The third-order valence-electron chi connectivity index (χ3n) is 3.44. The summed E-state index contributed by atoms with van der Waals surface area (Å²) in [6.45, 7) is 8.05. The summed E-state index contributed by atoms with van der Waals surface area (Å²) < 4.78 is 0. The Balaban J connectivity index is 1.91. The van der Waals surface area contributed by atoms with Gasteiger partial charge in [0.15, 0.2) is 0 Å². The molecule has 0 bridgehead atoms. The molecule has 0 saturated carbocycles. The highest BCUT2D eigenvalue weighted by atomic mass is 32.1. The molecule has 1 aromatic carbocycles. The lowest BCUT2D eigenvalue weighted by Crippen LogP contribution is -2.43. The summed E-state index contributed by atoms with van der Waals surface area (Å²) in [5, 5.41) is 3.47. The van der Waals surface area contributed by atoms with Gasteiger partial charge in [-0.25, -0.2) is 0 Å². The van der Waals surface area contributed by atoms with Crippen LogP contribution in [0.4, 0.5) is 0 Å². The van der Waals surface area contributed by atoms with E-state index in [1.807, 2.05) is 29.5 Å². The van der Waals surface area contributed by atoms with Crippen molar-refractivity contribution in [3.63, 3.8) is 0 Å². The second kappa shape index (κ2) is 5.87. The smallest absolute Gasteiger partial charge is 0.0507 e. The number of rotatable bonds is 5. The Morgan fingerprint density at radius 2 is 1.89 bits per heavy atom. The van der Waals surface area contributed by atoms with E-state index in [0.29, 0.717) is 0 Å². The molecule has 1 aromatic heterocycles. The van der Waals surface area contributed by atoms with Gasteiger partial charge in [-0.1, -0.05) is 30.3 Å². The maximum atomic E-state index is 6.38. The standard InChI is InChI=1S/C16H22N2S/c1-12-9-15(19-13(12)2)10-18-11-16(3,17)14-7-5-4-6-8-14/h4-9,18H,10-11,17H2,1-3H3. The van der Waals surface area contributed by atoms with Crippen LogP contribution in [0.5, 0.6) is 0 Å². The SMILES string of the molecule is Cc1cc(CNCC(C)(N)c2ccccc2)sc1C. The van der Waals surface area contributed by atoms with Crippen LogP contribution < -0.4 is 11.1 Å². The van der Waals surface area contributed by atoms with Crippen molar-refractivity contribution in [2.24, 2.45) is 5.73 Å². The van der Waals surface area contributed by atoms with Gasteiger partial charge in [-0.3, -0.25) is 0 Å². The number of nitrogens with one attached hydrogen (secondary N) is 1. The highest BCUT2D eigenvalue weighted by Gasteiger charge is 2.20. The van der Waals surface area contributed by atoms with E-state index in [2.05, 4.69) is 44.3 Å². The zero-order chi connectivity index (χ0) is 13.9. The summed E-state index contributed by atoms with van der Waals surface area (Å²) in [5.41, 5.74) is 8.59. The molecule has 2 rings (SSSR count). The fourth-order valence-electron chi connectivity index (χ4n) is 2.10. The highest BCUT2D eigenvalue weighted by Crippen LogP contribution is 2.21. The highest BCUT2D eigenvalue weighted by molar-refractivity contribution is 7.12. The molecule has 0 fully saturated rings. The van der Waals surface area contributed by atoms with E-state index in [9.17, 15) is 0 Å². The van der Waals surface area contributed by atoms with Crippen LogP contribution in [0.1, 0.15) is 27.8 Å². The van der Waals surface area contributed by atoms with Crippen molar-refractivity contribution in [2.45, 2.75) is 32.9 Å². The number of hydrogen-bond donors (Lipinski definition) is 2. The van der Waals surface area contributed by atoms with E-state index in [1.165, 1.54) is 20.9 Å². The van der Waals surface area contributed by atoms with Crippen molar-refractivity contribution in [1.82, 2.24) is 5.32 Å². The minimum absolute atomic E-state index is 0.331. The topological polar surface area (TPSA) is 38.0 Å². The van der Waals surface area contributed by atoms with Crippen LogP contribution >= 0.6 is 11.3 Å². The molecule has 1 unspecified atom stereocenters. The molecule has 0 radical (unpaired) electrons. The predicted molar refractivity (Wildman–Crippen MR) is 83.5 cm³/mol. The molecule has 1 heterocycles. The minimum atomic E-state index is -0.331. The molecule has 3 N–H and O–H groups in total. The van der Waals surface area contributed by atoms with E-state index >= 15 is 0 Å². The molecule has 0 amide bonds. The van der Waals surface area contributed by atoms with Gasteiger partial charge in [0.2, 0.25) is 0 Å². The fourth-order valence-corrected chi connectivity index (χ4v) is 3.13. The van der Waals surface area contributed by atoms with Crippen molar-refractivity contribution >= 4 is 11.3 Å². The first-order valence-electron chi connectivity index (χ1n) is 6.60. The minimum Gasteiger partial charge on any atom is -0.321 e. The third-order valence-corrected chi connectivity index (χ3v) is 4.59. The summed E-state index contributed by atoms with van der Waals surface area (Å²) in [6, 6.07) is 12.5. The average Bonchev–Trinajstić information content (AvgIpc) is 2.69. The van der Waals surface area contributed by atoms with Gasteiger partial charge in [0.05, 0.1) is 5.54 Å². The Kier molecular flexibility index (Phi) is 4.40. The molecule has 2 aromatic rings. The molecule has 0 aliphatic carbocycles. The van der Waals surface area contributed by atoms with E-state index in [1.54, 1.807) is 0 Å². The second-order valence-corrected chi connectivity index (χ2v) is 6.68. The lowest BCUT2D eigenvalue weighted by atomic mass is 9.93. The summed E-state index contributed by atoms with van der Waals surface area (Å²) >= 11 is 1.86. The Labute approximate surface area is 119 Å². The zero-order valence-electron chi connectivity index (χ0n) is 11.9. The third kappa shape index (κ3) is 3.66. The summed E-state index contributed by atoms with van der Waals surface area (Å²) in [7, 11) is 0. The fraction of sp³-hybridized carbons (Fsp3) is 0.375. The molecule has 2 nitrogen and oxygen atoms in total. The first kappa shape index (κ1) is 14.3. The van der Waals surface area contributed by atoms with Crippen molar-refractivity contribution < 1.29 is 0 Å². The monoisotopic (exact) mass is 274 g/mol. The lowest BCUT2D eigenvalue weighted by molar-refractivity contribution is 0.447. The molecular formula is C16H22N2S. The van der Waals surface area contributed by atoms with Gasteiger partial charge < -0.3 is 11.1 Å². The van der Waals surface area contributed by atoms with E-state index in [4.69, 9.17) is 5.73 Å². The Morgan fingerprint density at radius 3 is 2.47 bits per heavy atom. The molecule has 1 atom stereocenters. The number of aryl methyl sites for hydroxylation is 2. The maximum Gasteiger partial charge on any atom is 0.0507 e. The van der Waals surface area contributed by atoms with Crippen molar-refractivity contribution in [3.05, 3.63) is 57.3 Å². The van der Waals surface area contributed by atoms with Crippen LogP contribution in [0, 0.1) is 13.8 Å². The Morgan fingerprint density at radius 1 is 1.21 bits per heavy atom. The number of benzene rings is 1. The van der Waals surface area contributed by atoms with Gasteiger partial charge in [-0.05, 0) is 38.0 Å². The van der Waals surface area contributed by atoms with E-state index < -0.39 is 0 Å². The molecule has 19 heavy (non-hydrogen) atoms. The van der Waals surface area contributed by atoms with Gasteiger partial charge in [0.25, 0.3) is 0 Å². The van der Waals surface area contributed by atoms with Crippen LogP contribution in [0.15, 0.2) is 36.4 Å². The lowest BCUT2D eigenvalue weighted by Gasteiger charge is -2.25. The first-order chi connectivity index (χ1) is 8.99. The van der Waals surface area contributed by atoms with Gasteiger partial charge in [0.1, 0.15) is 0 Å². The van der Waals surface area contributed by atoms with Crippen molar-refractivity contribution in [3.8, 4) is 0 Å². The maximum absolute atomic E-state index is 6.38. The number of thiophene rings is 1. The number of hydrogen-bond acceptors (Lipinski definition) is 3. The first-order valence-corrected chi connectivity index (χ1v) is 7.42. The van der Waals surface area contributed by atoms with Gasteiger partial charge >= 0.3 is 0 Å². The zero-order valence-corrected chi connectivity index (χ0v) is 12.7. The van der Waals surface area contributed by atoms with E-state index in [-0.39, 0.29) is 5.54 Å². The van der Waals surface area contributed by atoms with Crippen LogP contribution in [-0.2, 0) is 12.1 Å². The largest absolute Gasteiger partial charge is 0.321 e. The van der Waals surface area contributed by atoms with Crippen LogP contribution in [0.3, 0.4) is 0 Å². The molecule has 0 aliphatic heterocycles. The van der Waals surface area contributed by atoms with Crippen LogP contribution in [0.25, 0.3) is 0 Å². The second-order valence-electron chi connectivity index (χ2n) is 5.34. The molecular weight excluding hydrogens is 252 g/mol. The summed E-state index contributed by atoms with van der Waals surface area (Å²) in [6.07, 6.45) is 0. The van der Waals surface area contributed by atoms with Crippen LogP contribution in [-0.4, -0.2) is 6.54 Å². The Bertz CT molecular complexity index is 509. The predicted octanol–water partition coefficient (Wildman–Crippen LogP) is 3.33. The molecule has 0 aliphatic rings. The number of nitrogens with two attached hydrogens (primary N) is 1. The van der Waals surface area contributed by atoms with Crippen LogP contribution in [0.2, 0.25) is 0 Å². The quantitative estimate of drug-likeness (QED) is 0.877. The average molecular weight is 274 g/mol. The summed E-state index contributed by atoms with van der Waals surface area (Å²) in [5.74, 6) is 0. The summed E-state index contributed by atoms with van der Waals surface area (Å²) in [4.78, 5) is 2.77. The molecule has 102 valence electrons. The van der Waals surface area contributed by atoms with Crippen molar-refractivity contribution in [2.75, 3.05) is 6.54 Å². The van der Waals surface area contributed by atoms with E-state index in [0.717, 1.165) is 13.1 Å². The molecule has 0 saturated heterocycles. The molecule has 0 spiro atoms. The normalized spacial score (nSPS) is 14.3. The van der Waals surface area contributed by atoms with Crippen molar-refractivity contribution in [1.29, 1.82) is 0 Å².